The van der Waals surface area contributed by atoms with Gasteiger partial charge < -0.3 is 10.0 Å². The van der Waals surface area contributed by atoms with E-state index in [1.165, 1.54) is 0 Å². The summed E-state index contributed by atoms with van der Waals surface area (Å²) in [5.41, 5.74) is 1.32. The van der Waals surface area contributed by atoms with Crippen molar-refractivity contribution in [1.29, 1.82) is 0 Å². The highest BCUT2D eigenvalue weighted by molar-refractivity contribution is 8.01. The first kappa shape index (κ1) is 15.9. The standard InChI is InChI=1S/C13H18ClNO3S2/c1-2-20(17,18)13-9-19-7-6-15(13)12-5-3-4-11(14)10(12)8-16/h3-5,13,16H,2,6-9H2,1H3. The Kier molecular flexibility index (Phi) is 5.23. The van der Waals surface area contributed by atoms with Crippen LogP contribution in [-0.4, -0.2) is 42.7 Å². The summed E-state index contributed by atoms with van der Waals surface area (Å²) < 4.78 is 24.5. The highest BCUT2D eigenvalue weighted by atomic mass is 35.5. The smallest absolute Gasteiger partial charge is 0.171 e. The molecule has 1 saturated heterocycles. The second-order valence-corrected chi connectivity index (χ2v) is 8.57. The van der Waals surface area contributed by atoms with Crippen LogP contribution < -0.4 is 4.90 Å². The number of rotatable bonds is 4. The molecule has 1 unspecified atom stereocenters. The number of thioether (sulfide) groups is 1. The van der Waals surface area contributed by atoms with Gasteiger partial charge in [0.1, 0.15) is 5.37 Å². The number of hydrogen-bond acceptors (Lipinski definition) is 5. The lowest BCUT2D eigenvalue weighted by Gasteiger charge is -2.37. The summed E-state index contributed by atoms with van der Waals surface area (Å²) in [5.74, 6) is 1.53. The Morgan fingerprint density at radius 3 is 2.90 bits per heavy atom. The molecule has 1 aliphatic heterocycles. The first-order valence-corrected chi connectivity index (χ1v) is 9.70. The number of benzene rings is 1. The summed E-state index contributed by atoms with van der Waals surface area (Å²) in [6.45, 7) is 2.11. The quantitative estimate of drug-likeness (QED) is 0.913. The largest absolute Gasteiger partial charge is 0.392 e. The minimum atomic E-state index is -3.18. The maximum absolute atomic E-state index is 12.3. The Hall–Kier alpha value is -0.430. The van der Waals surface area contributed by atoms with Gasteiger partial charge in [0.15, 0.2) is 9.84 Å². The van der Waals surface area contributed by atoms with Gasteiger partial charge in [-0.2, -0.15) is 11.8 Å². The molecular weight excluding hydrogens is 318 g/mol. The molecule has 0 saturated carbocycles. The molecule has 1 aliphatic rings. The lowest BCUT2D eigenvalue weighted by Crippen LogP contribution is -2.48. The maximum Gasteiger partial charge on any atom is 0.171 e. The van der Waals surface area contributed by atoms with Gasteiger partial charge in [-0.05, 0) is 12.1 Å². The van der Waals surface area contributed by atoms with Crippen molar-refractivity contribution in [2.75, 3.05) is 28.7 Å². The van der Waals surface area contributed by atoms with Crippen LogP contribution in [0.15, 0.2) is 18.2 Å². The molecule has 112 valence electrons. The van der Waals surface area contributed by atoms with Crippen LogP contribution in [0.2, 0.25) is 5.02 Å². The molecule has 2 rings (SSSR count). The second-order valence-electron chi connectivity index (χ2n) is 4.57. The highest BCUT2D eigenvalue weighted by Crippen LogP contribution is 2.33. The van der Waals surface area contributed by atoms with Crippen LogP contribution in [0.25, 0.3) is 0 Å². The minimum absolute atomic E-state index is 0.115. The molecule has 4 nitrogen and oxygen atoms in total. The van der Waals surface area contributed by atoms with Crippen LogP contribution in [-0.2, 0) is 16.4 Å². The van der Waals surface area contributed by atoms with E-state index in [1.54, 1.807) is 30.8 Å². The minimum Gasteiger partial charge on any atom is -0.392 e. The Morgan fingerprint density at radius 1 is 1.50 bits per heavy atom. The van der Waals surface area contributed by atoms with Crippen molar-refractivity contribution in [3.8, 4) is 0 Å². The topological polar surface area (TPSA) is 57.6 Å². The number of halogens is 1. The molecule has 0 bridgehead atoms. The van der Waals surface area contributed by atoms with Crippen LogP contribution >= 0.6 is 23.4 Å². The SMILES string of the molecule is CCS(=O)(=O)C1CSCCN1c1cccc(Cl)c1CO. The first-order valence-electron chi connectivity index (χ1n) is 6.45. The zero-order valence-corrected chi connectivity index (χ0v) is 13.6. The van der Waals surface area contributed by atoms with Crippen LogP contribution in [0, 0.1) is 0 Å². The molecule has 20 heavy (non-hydrogen) atoms. The van der Waals surface area contributed by atoms with Crippen molar-refractivity contribution >= 4 is 38.9 Å². The fourth-order valence-corrected chi connectivity index (χ4v) is 5.53. The van der Waals surface area contributed by atoms with Crippen molar-refractivity contribution in [1.82, 2.24) is 0 Å². The van der Waals surface area contributed by atoms with Crippen LogP contribution in [0.1, 0.15) is 12.5 Å². The molecule has 7 heteroatoms. The summed E-state index contributed by atoms with van der Waals surface area (Å²) in [7, 11) is -3.18. The number of aliphatic hydroxyl groups is 1. The van der Waals surface area contributed by atoms with Gasteiger partial charge in [0, 0.05) is 40.1 Å². The normalized spacial score (nSPS) is 20.1. The van der Waals surface area contributed by atoms with E-state index in [4.69, 9.17) is 11.6 Å². The van der Waals surface area contributed by atoms with Gasteiger partial charge in [-0.15, -0.1) is 0 Å². The third-order valence-electron chi connectivity index (χ3n) is 3.46. The third kappa shape index (κ3) is 3.08. The Bertz CT molecular complexity index is 577. The monoisotopic (exact) mass is 335 g/mol. The van der Waals surface area contributed by atoms with Crippen molar-refractivity contribution in [3.63, 3.8) is 0 Å². The van der Waals surface area contributed by atoms with Gasteiger partial charge in [0.05, 0.1) is 6.61 Å². The predicted molar refractivity (Wildman–Crippen MR) is 85.3 cm³/mol. The Morgan fingerprint density at radius 2 is 2.25 bits per heavy atom. The van der Waals surface area contributed by atoms with E-state index in [0.717, 1.165) is 11.4 Å². The van der Waals surface area contributed by atoms with E-state index < -0.39 is 15.2 Å². The van der Waals surface area contributed by atoms with E-state index in [0.29, 0.717) is 22.9 Å². The second kappa shape index (κ2) is 6.56. The van der Waals surface area contributed by atoms with E-state index in [1.807, 2.05) is 11.0 Å². The molecule has 0 spiro atoms. The van der Waals surface area contributed by atoms with Crippen molar-refractivity contribution < 1.29 is 13.5 Å². The van der Waals surface area contributed by atoms with Gasteiger partial charge in [0.2, 0.25) is 0 Å². The average molecular weight is 336 g/mol. The number of hydrogen-bond donors (Lipinski definition) is 1. The summed E-state index contributed by atoms with van der Waals surface area (Å²) in [6.07, 6.45) is 0. The molecule has 1 aromatic carbocycles. The molecule has 1 fully saturated rings. The van der Waals surface area contributed by atoms with Crippen LogP contribution in [0.4, 0.5) is 5.69 Å². The molecular formula is C13H18ClNO3S2. The van der Waals surface area contributed by atoms with E-state index in [2.05, 4.69) is 0 Å². The Labute approximate surface area is 129 Å². The van der Waals surface area contributed by atoms with Gasteiger partial charge in [-0.3, -0.25) is 0 Å². The molecule has 0 aromatic heterocycles. The highest BCUT2D eigenvalue weighted by Gasteiger charge is 2.34. The third-order valence-corrected chi connectivity index (χ3v) is 7.11. The maximum atomic E-state index is 12.3. The molecule has 1 heterocycles. The van der Waals surface area contributed by atoms with Gasteiger partial charge in [0.25, 0.3) is 0 Å². The summed E-state index contributed by atoms with van der Waals surface area (Å²) in [5, 5.41) is 9.43. The van der Waals surface area contributed by atoms with Crippen molar-refractivity contribution in [2.45, 2.75) is 18.9 Å². The van der Waals surface area contributed by atoms with E-state index in [9.17, 15) is 13.5 Å². The number of nitrogens with zero attached hydrogens (tertiary/aromatic N) is 1. The van der Waals surface area contributed by atoms with Crippen molar-refractivity contribution in [2.24, 2.45) is 0 Å². The molecule has 1 aromatic rings. The molecule has 1 atom stereocenters. The fourth-order valence-electron chi connectivity index (χ4n) is 2.32. The molecule has 0 amide bonds. The van der Waals surface area contributed by atoms with Gasteiger partial charge in [-0.25, -0.2) is 8.42 Å². The molecule has 0 aliphatic carbocycles. The van der Waals surface area contributed by atoms with Gasteiger partial charge >= 0.3 is 0 Å². The van der Waals surface area contributed by atoms with E-state index in [-0.39, 0.29) is 12.4 Å². The summed E-state index contributed by atoms with van der Waals surface area (Å²) in [4.78, 5) is 1.87. The number of anilines is 1. The van der Waals surface area contributed by atoms with Gasteiger partial charge in [-0.1, -0.05) is 24.6 Å². The van der Waals surface area contributed by atoms with Crippen LogP contribution in [0.3, 0.4) is 0 Å². The zero-order chi connectivity index (χ0) is 14.8. The lowest BCUT2D eigenvalue weighted by molar-refractivity contribution is 0.282. The molecule has 0 radical (unpaired) electrons. The first-order chi connectivity index (χ1) is 9.51. The van der Waals surface area contributed by atoms with Crippen molar-refractivity contribution in [3.05, 3.63) is 28.8 Å². The summed E-state index contributed by atoms with van der Waals surface area (Å²) in [6, 6.07) is 5.32. The summed E-state index contributed by atoms with van der Waals surface area (Å²) >= 11 is 7.75. The fraction of sp³-hybridized carbons (Fsp3) is 0.538. The molecule has 1 N–H and O–H groups in total. The van der Waals surface area contributed by atoms with Crippen LogP contribution in [0.5, 0.6) is 0 Å². The lowest BCUT2D eigenvalue weighted by atomic mass is 10.1. The predicted octanol–water partition coefficient (Wildman–Crippen LogP) is 2.15. The zero-order valence-electron chi connectivity index (χ0n) is 11.3. The van der Waals surface area contributed by atoms with E-state index >= 15 is 0 Å². The Balaban J connectivity index is 2.46. The number of sulfone groups is 1. The average Bonchev–Trinajstić information content (AvgIpc) is 2.47. The number of aliphatic hydroxyl groups excluding tert-OH is 1.